The predicted molar refractivity (Wildman–Crippen MR) is 95.6 cm³/mol. The Hall–Kier alpha value is -2.65. The Kier molecular flexibility index (Phi) is 6.75. The monoisotopic (exact) mass is 397 g/mol. The second-order valence-corrected chi connectivity index (χ2v) is 7.60. The molecule has 9 heteroatoms. The molecule has 0 aliphatic heterocycles. The number of benzene rings is 2. The highest BCUT2D eigenvalue weighted by atomic mass is 32.2. The van der Waals surface area contributed by atoms with Gasteiger partial charge >= 0.3 is 5.97 Å². The third kappa shape index (κ3) is 5.18. The SMILES string of the molecule is COc1ccc(OC)c(COC(=O)CN(C)S(=O)(=O)c2ccc(F)cc2)c1. The number of ether oxygens (including phenoxy) is 3. The summed E-state index contributed by atoms with van der Waals surface area (Å²) in [6, 6.07) is 9.37. The van der Waals surface area contributed by atoms with E-state index < -0.39 is 28.4 Å². The van der Waals surface area contributed by atoms with Crippen LogP contribution in [0.4, 0.5) is 4.39 Å². The van der Waals surface area contributed by atoms with Crippen molar-refractivity contribution in [3.8, 4) is 11.5 Å². The van der Waals surface area contributed by atoms with Gasteiger partial charge in [-0.1, -0.05) is 0 Å². The lowest BCUT2D eigenvalue weighted by Gasteiger charge is -2.17. The number of esters is 1. The summed E-state index contributed by atoms with van der Waals surface area (Å²) in [4.78, 5) is 11.9. The Morgan fingerprint density at radius 3 is 2.33 bits per heavy atom. The average molecular weight is 397 g/mol. The van der Waals surface area contributed by atoms with E-state index in [2.05, 4.69) is 0 Å². The minimum atomic E-state index is -3.94. The average Bonchev–Trinajstić information content (AvgIpc) is 2.66. The van der Waals surface area contributed by atoms with E-state index in [4.69, 9.17) is 14.2 Å². The van der Waals surface area contributed by atoms with Gasteiger partial charge in [-0.3, -0.25) is 4.79 Å². The number of methoxy groups -OCH3 is 2. The van der Waals surface area contributed by atoms with Crippen LogP contribution < -0.4 is 9.47 Å². The van der Waals surface area contributed by atoms with Crippen molar-refractivity contribution in [1.29, 1.82) is 0 Å². The van der Waals surface area contributed by atoms with E-state index in [0.717, 1.165) is 28.6 Å². The van der Waals surface area contributed by atoms with E-state index in [1.54, 1.807) is 18.2 Å². The molecule has 0 fully saturated rings. The van der Waals surface area contributed by atoms with Crippen molar-refractivity contribution in [2.24, 2.45) is 0 Å². The van der Waals surface area contributed by atoms with E-state index in [0.29, 0.717) is 17.1 Å². The summed E-state index contributed by atoms with van der Waals surface area (Å²) in [5, 5.41) is 0. The number of sulfonamides is 1. The summed E-state index contributed by atoms with van der Waals surface area (Å²) in [6.07, 6.45) is 0. The molecule has 0 spiro atoms. The summed E-state index contributed by atoms with van der Waals surface area (Å²) < 4.78 is 54.1. The zero-order valence-corrected chi connectivity index (χ0v) is 16.0. The van der Waals surface area contributed by atoms with Crippen molar-refractivity contribution < 1.29 is 31.8 Å². The van der Waals surface area contributed by atoms with E-state index in [9.17, 15) is 17.6 Å². The van der Waals surface area contributed by atoms with Crippen LogP contribution in [0.25, 0.3) is 0 Å². The van der Waals surface area contributed by atoms with Gasteiger partial charge in [0.2, 0.25) is 10.0 Å². The number of carbonyl (C=O) groups excluding carboxylic acids is 1. The zero-order chi connectivity index (χ0) is 20.0. The fraction of sp³-hybridized carbons (Fsp3) is 0.278. The highest BCUT2D eigenvalue weighted by Crippen LogP contribution is 2.24. The van der Waals surface area contributed by atoms with Crippen molar-refractivity contribution in [1.82, 2.24) is 4.31 Å². The van der Waals surface area contributed by atoms with Gasteiger partial charge in [0.05, 0.1) is 19.1 Å². The molecule has 0 unspecified atom stereocenters. The minimum Gasteiger partial charge on any atom is -0.497 e. The van der Waals surface area contributed by atoms with Gasteiger partial charge in [0.1, 0.15) is 30.5 Å². The number of nitrogens with zero attached hydrogens (tertiary/aromatic N) is 1. The maximum absolute atomic E-state index is 13.0. The molecule has 0 bridgehead atoms. The molecule has 0 aliphatic carbocycles. The van der Waals surface area contributed by atoms with E-state index in [1.165, 1.54) is 21.3 Å². The lowest BCUT2D eigenvalue weighted by molar-refractivity contribution is -0.144. The van der Waals surface area contributed by atoms with Gasteiger partial charge in [-0.05, 0) is 42.5 Å². The van der Waals surface area contributed by atoms with Crippen LogP contribution >= 0.6 is 0 Å². The molecule has 0 N–H and O–H groups in total. The quantitative estimate of drug-likeness (QED) is 0.635. The lowest BCUT2D eigenvalue weighted by Crippen LogP contribution is -2.33. The second-order valence-electron chi connectivity index (χ2n) is 5.55. The van der Waals surface area contributed by atoms with Crippen molar-refractivity contribution in [2.75, 3.05) is 27.8 Å². The molecular formula is C18H20FNO6S. The Labute approximate surface area is 157 Å². The molecule has 2 aromatic carbocycles. The normalized spacial score (nSPS) is 11.3. The highest BCUT2D eigenvalue weighted by Gasteiger charge is 2.23. The maximum Gasteiger partial charge on any atom is 0.321 e. The topological polar surface area (TPSA) is 82.1 Å². The largest absolute Gasteiger partial charge is 0.497 e. The molecule has 146 valence electrons. The molecule has 0 aromatic heterocycles. The Balaban J connectivity index is 2.02. The number of likely N-dealkylation sites (N-methyl/N-ethyl adjacent to an activating group) is 1. The van der Waals surface area contributed by atoms with Crippen LogP contribution in [0.15, 0.2) is 47.4 Å². The van der Waals surface area contributed by atoms with Crippen LogP contribution in [-0.2, 0) is 26.2 Å². The summed E-state index contributed by atoms with van der Waals surface area (Å²) in [7, 11) is 0.295. The van der Waals surface area contributed by atoms with Crippen LogP contribution in [0, 0.1) is 5.82 Å². The molecule has 7 nitrogen and oxygen atoms in total. The van der Waals surface area contributed by atoms with Crippen molar-refractivity contribution >= 4 is 16.0 Å². The smallest absolute Gasteiger partial charge is 0.321 e. The van der Waals surface area contributed by atoms with E-state index >= 15 is 0 Å². The molecule has 0 saturated heterocycles. The predicted octanol–water partition coefficient (Wildman–Crippen LogP) is 2.21. The Morgan fingerprint density at radius 1 is 1.07 bits per heavy atom. The third-order valence-corrected chi connectivity index (χ3v) is 5.57. The minimum absolute atomic E-state index is 0.107. The van der Waals surface area contributed by atoms with Crippen molar-refractivity contribution in [3.63, 3.8) is 0 Å². The second kappa shape index (κ2) is 8.83. The Morgan fingerprint density at radius 2 is 1.74 bits per heavy atom. The molecule has 2 rings (SSSR count). The zero-order valence-electron chi connectivity index (χ0n) is 15.1. The van der Waals surface area contributed by atoms with Gasteiger partial charge in [0, 0.05) is 12.6 Å². The van der Waals surface area contributed by atoms with Crippen LogP contribution in [0.5, 0.6) is 11.5 Å². The number of hydrogen-bond acceptors (Lipinski definition) is 6. The summed E-state index contributed by atoms with van der Waals surface area (Å²) in [6.45, 7) is -0.602. The molecule has 0 radical (unpaired) electrons. The third-order valence-electron chi connectivity index (χ3n) is 3.75. The van der Waals surface area contributed by atoms with Crippen molar-refractivity contribution in [3.05, 3.63) is 53.8 Å². The summed E-state index contributed by atoms with van der Waals surface area (Å²) in [5.74, 6) is -0.218. The van der Waals surface area contributed by atoms with Gasteiger partial charge in [0.15, 0.2) is 0 Å². The molecule has 0 aliphatic rings. The molecule has 0 atom stereocenters. The van der Waals surface area contributed by atoms with Crippen molar-refractivity contribution in [2.45, 2.75) is 11.5 Å². The van der Waals surface area contributed by atoms with Crippen LogP contribution in [0.2, 0.25) is 0 Å². The highest BCUT2D eigenvalue weighted by molar-refractivity contribution is 7.89. The maximum atomic E-state index is 13.0. The first kappa shape index (κ1) is 20.7. The van der Waals surface area contributed by atoms with Gasteiger partial charge in [0.25, 0.3) is 0 Å². The standard InChI is InChI=1S/C18H20FNO6S/c1-20(27(22,23)16-7-4-14(19)5-8-16)11-18(21)26-12-13-10-15(24-2)6-9-17(13)25-3/h4-10H,11-12H2,1-3H3. The van der Waals surface area contributed by atoms with E-state index in [1.807, 2.05) is 0 Å². The molecule has 0 saturated carbocycles. The van der Waals surface area contributed by atoms with E-state index in [-0.39, 0.29) is 11.5 Å². The first-order chi connectivity index (χ1) is 12.8. The lowest BCUT2D eigenvalue weighted by atomic mass is 10.2. The van der Waals surface area contributed by atoms with Gasteiger partial charge in [-0.2, -0.15) is 4.31 Å². The van der Waals surface area contributed by atoms with Crippen LogP contribution in [0.1, 0.15) is 5.56 Å². The Bertz CT molecular complexity index is 899. The number of carbonyl (C=O) groups is 1. The van der Waals surface area contributed by atoms with Gasteiger partial charge < -0.3 is 14.2 Å². The van der Waals surface area contributed by atoms with Gasteiger partial charge in [-0.25, -0.2) is 12.8 Å². The van der Waals surface area contributed by atoms with Crippen LogP contribution in [0.3, 0.4) is 0 Å². The van der Waals surface area contributed by atoms with Crippen LogP contribution in [-0.4, -0.2) is 46.5 Å². The first-order valence-corrected chi connectivity index (χ1v) is 9.30. The summed E-state index contributed by atoms with van der Waals surface area (Å²) >= 11 is 0. The number of rotatable bonds is 8. The molecule has 0 heterocycles. The molecule has 0 amide bonds. The molecule has 2 aromatic rings. The molecular weight excluding hydrogens is 377 g/mol. The number of halogens is 1. The summed E-state index contributed by atoms with van der Waals surface area (Å²) in [5.41, 5.74) is 0.578. The molecule has 27 heavy (non-hydrogen) atoms. The first-order valence-electron chi connectivity index (χ1n) is 7.86. The van der Waals surface area contributed by atoms with Gasteiger partial charge in [-0.15, -0.1) is 0 Å². The number of hydrogen-bond donors (Lipinski definition) is 0. The fourth-order valence-electron chi connectivity index (χ4n) is 2.25. The fourth-order valence-corrected chi connectivity index (χ4v) is 3.37.